The van der Waals surface area contributed by atoms with Gasteiger partial charge in [0.1, 0.15) is 5.75 Å². The van der Waals surface area contributed by atoms with Crippen molar-refractivity contribution in [1.82, 2.24) is 9.55 Å². The zero-order valence-electron chi connectivity index (χ0n) is 18.2. The normalized spacial score (nSPS) is 10.6. The molecule has 0 unspecified atom stereocenters. The van der Waals surface area contributed by atoms with Crippen molar-refractivity contribution in [2.24, 2.45) is 0 Å². The number of fused-ring (bicyclic) bond motifs is 1. The molecule has 0 aliphatic heterocycles. The molecular weight excluding hydrogens is 442 g/mol. The summed E-state index contributed by atoms with van der Waals surface area (Å²) in [6.45, 7) is 0. The molecule has 0 bridgehead atoms. The lowest BCUT2D eigenvalue weighted by molar-refractivity contribution is 0.102. The van der Waals surface area contributed by atoms with Crippen LogP contribution < -0.4 is 25.1 Å². The third kappa shape index (κ3) is 4.31. The van der Waals surface area contributed by atoms with Crippen LogP contribution in [0.5, 0.6) is 17.2 Å². The summed E-state index contributed by atoms with van der Waals surface area (Å²) in [6.07, 6.45) is 0. The molecule has 4 aromatic rings. The molecule has 1 heterocycles. The maximum absolute atomic E-state index is 13.2. The van der Waals surface area contributed by atoms with Gasteiger partial charge >= 0.3 is 0 Å². The Morgan fingerprint density at radius 3 is 2.30 bits per heavy atom. The van der Waals surface area contributed by atoms with Gasteiger partial charge in [-0.3, -0.25) is 14.2 Å². The Balaban J connectivity index is 1.71. The number of H-pyrrole nitrogens is 1. The molecule has 33 heavy (non-hydrogen) atoms. The molecule has 0 spiro atoms. The van der Waals surface area contributed by atoms with Gasteiger partial charge in [0.25, 0.3) is 11.5 Å². The molecule has 168 valence electrons. The minimum absolute atomic E-state index is 0.187. The van der Waals surface area contributed by atoms with Crippen LogP contribution in [0.2, 0.25) is 0 Å². The molecule has 0 saturated heterocycles. The van der Waals surface area contributed by atoms with Crippen molar-refractivity contribution in [2.75, 3.05) is 26.6 Å². The van der Waals surface area contributed by atoms with Gasteiger partial charge in [-0.05, 0) is 66.8 Å². The molecule has 9 heteroatoms. The summed E-state index contributed by atoms with van der Waals surface area (Å²) in [5.41, 5.74) is 1.68. The fourth-order valence-electron chi connectivity index (χ4n) is 3.44. The van der Waals surface area contributed by atoms with Crippen molar-refractivity contribution in [2.45, 2.75) is 0 Å². The summed E-state index contributed by atoms with van der Waals surface area (Å²) in [6, 6.07) is 16.9. The summed E-state index contributed by atoms with van der Waals surface area (Å²) in [5, 5.41) is 3.21. The van der Waals surface area contributed by atoms with Gasteiger partial charge in [0.2, 0.25) is 0 Å². The molecule has 1 amide bonds. The lowest BCUT2D eigenvalue weighted by Gasteiger charge is -2.12. The standard InChI is InChI=1S/C24H21N3O5S/c1-30-17-8-5-15(6-9-17)25-22(28)14-4-10-18-19(12-14)26-24(33)27(23(18)29)16-7-11-20(31-2)21(13-16)32-3/h4-13H,1-3H3,(H,25,28)(H,26,33). The number of benzene rings is 3. The average molecular weight is 464 g/mol. The van der Waals surface area contributed by atoms with Crippen molar-refractivity contribution in [3.8, 4) is 22.9 Å². The van der Waals surface area contributed by atoms with Crippen molar-refractivity contribution >= 4 is 34.7 Å². The van der Waals surface area contributed by atoms with Crippen molar-refractivity contribution in [3.63, 3.8) is 0 Å². The van der Waals surface area contributed by atoms with Gasteiger partial charge in [-0.2, -0.15) is 0 Å². The van der Waals surface area contributed by atoms with E-state index in [1.54, 1.807) is 67.8 Å². The number of amides is 1. The van der Waals surface area contributed by atoms with E-state index in [0.29, 0.717) is 45.1 Å². The van der Waals surface area contributed by atoms with Crippen LogP contribution in [0.15, 0.2) is 65.5 Å². The van der Waals surface area contributed by atoms with Crippen LogP contribution in [-0.4, -0.2) is 36.8 Å². The number of rotatable bonds is 6. The van der Waals surface area contributed by atoms with Gasteiger partial charge in [-0.1, -0.05) is 0 Å². The second-order valence-corrected chi connectivity index (χ2v) is 7.44. The Hall–Kier alpha value is -4.11. The van der Waals surface area contributed by atoms with Crippen LogP contribution in [0.4, 0.5) is 5.69 Å². The lowest BCUT2D eigenvalue weighted by atomic mass is 10.1. The fourth-order valence-corrected chi connectivity index (χ4v) is 3.73. The van der Waals surface area contributed by atoms with Crippen LogP contribution in [0.3, 0.4) is 0 Å². The SMILES string of the molecule is COc1ccc(NC(=O)c2ccc3c(=O)n(-c4ccc(OC)c(OC)c4)c(=S)[nH]c3c2)cc1. The van der Waals surface area contributed by atoms with Gasteiger partial charge in [0.05, 0.1) is 37.9 Å². The molecule has 0 saturated carbocycles. The largest absolute Gasteiger partial charge is 0.497 e. The number of hydrogen-bond acceptors (Lipinski definition) is 6. The van der Waals surface area contributed by atoms with Crippen molar-refractivity contribution in [1.29, 1.82) is 0 Å². The smallest absolute Gasteiger partial charge is 0.266 e. The monoisotopic (exact) mass is 463 g/mol. The zero-order chi connectivity index (χ0) is 23.5. The predicted molar refractivity (Wildman–Crippen MR) is 129 cm³/mol. The summed E-state index contributed by atoms with van der Waals surface area (Å²) >= 11 is 5.45. The second-order valence-electron chi connectivity index (χ2n) is 7.05. The van der Waals surface area contributed by atoms with E-state index in [1.165, 1.54) is 18.8 Å². The molecule has 1 aromatic heterocycles. The van der Waals surface area contributed by atoms with E-state index in [-0.39, 0.29) is 16.2 Å². The third-order valence-electron chi connectivity index (χ3n) is 5.13. The summed E-state index contributed by atoms with van der Waals surface area (Å²) < 4.78 is 17.3. The highest BCUT2D eigenvalue weighted by Crippen LogP contribution is 2.29. The van der Waals surface area contributed by atoms with E-state index in [0.717, 1.165) is 0 Å². The Kier molecular flexibility index (Phi) is 6.14. The minimum Gasteiger partial charge on any atom is -0.497 e. The molecule has 4 rings (SSSR count). The van der Waals surface area contributed by atoms with Gasteiger partial charge in [-0.25, -0.2) is 0 Å². The van der Waals surface area contributed by atoms with E-state index < -0.39 is 0 Å². The molecule has 0 aliphatic carbocycles. The predicted octanol–water partition coefficient (Wildman–Crippen LogP) is 4.33. The number of aromatic amines is 1. The fraction of sp³-hybridized carbons (Fsp3) is 0.125. The molecular formula is C24H21N3O5S. The second kappa shape index (κ2) is 9.17. The molecule has 0 atom stereocenters. The highest BCUT2D eigenvalue weighted by molar-refractivity contribution is 7.71. The van der Waals surface area contributed by atoms with Gasteiger partial charge in [-0.15, -0.1) is 0 Å². The van der Waals surface area contributed by atoms with E-state index in [4.69, 9.17) is 26.4 Å². The van der Waals surface area contributed by atoms with Crippen LogP contribution in [-0.2, 0) is 0 Å². The minimum atomic E-state index is -0.317. The third-order valence-corrected chi connectivity index (χ3v) is 5.42. The molecule has 0 radical (unpaired) electrons. The van der Waals surface area contributed by atoms with Crippen LogP contribution in [0.1, 0.15) is 10.4 Å². The van der Waals surface area contributed by atoms with E-state index in [9.17, 15) is 9.59 Å². The Morgan fingerprint density at radius 1 is 0.909 bits per heavy atom. The summed E-state index contributed by atoms with van der Waals surface area (Å²) in [5.74, 6) is 1.39. The first kappa shape index (κ1) is 22.1. The number of nitrogens with one attached hydrogen (secondary N) is 2. The molecule has 8 nitrogen and oxygen atoms in total. The van der Waals surface area contributed by atoms with Crippen LogP contribution >= 0.6 is 12.2 Å². The van der Waals surface area contributed by atoms with Crippen LogP contribution in [0.25, 0.3) is 16.6 Å². The maximum Gasteiger partial charge on any atom is 0.266 e. The number of ether oxygens (including phenoxy) is 3. The van der Waals surface area contributed by atoms with Gasteiger partial charge in [0, 0.05) is 17.3 Å². The van der Waals surface area contributed by atoms with E-state index in [1.807, 2.05) is 0 Å². The number of anilines is 1. The van der Waals surface area contributed by atoms with Crippen LogP contribution in [0, 0.1) is 4.77 Å². The first-order chi connectivity index (χ1) is 15.9. The highest BCUT2D eigenvalue weighted by atomic mass is 32.1. The summed E-state index contributed by atoms with van der Waals surface area (Å²) in [4.78, 5) is 29.0. The molecule has 3 aromatic carbocycles. The Bertz CT molecular complexity index is 1460. The molecule has 0 aliphatic rings. The van der Waals surface area contributed by atoms with Crippen molar-refractivity contribution < 1.29 is 19.0 Å². The number of carbonyl (C=O) groups is 1. The Labute approximate surface area is 194 Å². The number of hydrogen-bond donors (Lipinski definition) is 2. The van der Waals surface area contributed by atoms with Gasteiger partial charge < -0.3 is 24.5 Å². The first-order valence-corrected chi connectivity index (χ1v) is 10.3. The van der Waals surface area contributed by atoms with Crippen molar-refractivity contribution in [3.05, 3.63) is 81.4 Å². The molecule has 0 fully saturated rings. The van der Waals surface area contributed by atoms with E-state index >= 15 is 0 Å². The number of nitrogens with zero attached hydrogens (tertiary/aromatic N) is 1. The average Bonchev–Trinajstić information content (AvgIpc) is 2.84. The van der Waals surface area contributed by atoms with Gasteiger partial charge in [0.15, 0.2) is 16.3 Å². The summed E-state index contributed by atoms with van der Waals surface area (Å²) in [7, 11) is 4.63. The molecule has 2 N–H and O–H groups in total. The number of carbonyl (C=O) groups excluding carboxylic acids is 1. The van der Waals surface area contributed by atoms with E-state index in [2.05, 4.69) is 10.3 Å². The zero-order valence-corrected chi connectivity index (χ0v) is 19.0. The quantitative estimate of drug-likeness (QED) is 0.414. The topological polar surface area (TPSA) is 94.6 Å². The first-order valence-electron chi connectivity index (χ1n) is 9.92. The lowest BCUT2D eigenvalue weighted by Crippen LogP contribution is -2.21. The number of aromatic nitrogens is 2. The maximum atomic E-state index is 13.2. The Morgan fingerprint density at radius 2 is 1.64 bits per heavy atom. The highest BCUT2D eigenvalue weighted by Gasteiger charge is 2.13. The number of methoxy groups -OCH3 is 3.